The van der Waals surface area contributed by atoms with Crippen LogP contribution in [0.1, 0.15) is 30.6 Å². The fourth-order valence-corrected chi connectivity index (χ4v) is 3.30. The lowest BCUT2D eigenvalue weighted by Gasteiger charge is -2.22. The molecule has 1 aromatic carbocycles. The lowest BCUT2D eigenvalue weighted by Crippen LogP contribution is -2.50. The molecule has 2 unspecified atom stereocenters. The highest BCUT2D eigenvalue weighted by molar-refractivity contribution is 7.88. The minimum atomic E-state index is -3.56. The second-order valence-corrected chi connectivity index (χ2v) is 8.14. The van der Waals surface area contributed by atoms with Gasteiger partial charge in [0.1, 0.15) is 6.04 Å². The molecule has 0 heterocycles. The van der Waals surface area contributed by atoms with Crippen molar-refractivity contribution in [2.24, 2.45) is 5.92 Å². The standard InChI is InChI=1S/C15H20Cl2N2O4S/c1-4-9(2)14(19-24(3,22)23)15(21)18-8-13(20)11-6-5-10(16)7-12(11)17/h5-7,9,14,19H,4,8H2,1-3H3,(H,18,21). The Balaban J connectivity index is 2.79. The average molecular weight is 395 g/mol. The smallest absolute Gasteiger partial charge is 0.238 e. The van der Waals surface area contributed by atoms with Crippen molar-refractivity contribution in [1.82, 2.24) is 10.0 Å². The number of carbonyl (C=O) groups excluding carboxylic acids is 2. The van der Waals surface area contributed by atoms with Gasteiger partial charge in [-0.15, -0.1) is 0 Å². The van der Waals surface area contributed by atoms with Crippen LogP contribution in [-0.4, -0.2) is 39.0 Å². The van der Waals surface area contributed by atoms with Crippen molar-refractivity contribution in [3.05, 3.63) is 33.8 Å². The molecular formula is C15H20Cl2N2O4S. The van der Waals surface area contributed by atoms with E-state index < -0.39 is 27.8 Å². The number of Topliss-reactive ketones (excluding diaryl/α,β-unsaturated/α-hetero) is 1. The van der Waals surface area contributed by atoms with Crippen LogP contribution in [-0.2, 0) is 14.8 Å². The molecule has 1 rings (SSSR count). The first-order valence-electron chi connectivity index (χ1n) is 7.28. The highest BCUT2D eigenvalue weighted by atomic mass is 35.5. The summed E-state index contributed by atoms with van der Waals surface area (Å²) >= 11 is 11.7. The van der Waals surface area contributed by atoms with Gasteiger partial charge in [-0.1, -0.05) is 43.5 Å². The molecule has 1 amide bonds. The molecule has 0 saturated carbocycles. The molecule has 2 N–H and O–H groups in total. The molecule has 0 bridgehead atoms. The number of ketones is 1. The van der Waals surface area contributed by atoms with Gasteiger partial charge in [0.15, 0.2) is 5.78 Å². The Morgan fingerprint density at radius 1 is 1.25 bits per heavy atom. The van der Waals surface area contributed by atoms with E-state index in [2.05, 4.69) is 10.0 Å². The molecule has 0 aliphatic carbocycles. The van der Waals surface area contributed by atoms with E-state index in [0.29, 0.717) is 11.4 Å². The van der Waals surface area contributed by atoms with Crippen molar-refractivity contribution >= 4 is 44.9 Å². The van der Waals surface area contributed by atoms with Gasteiger partial charge in [-0.05, 0) is 24.1 Å². The van der Waals surface area contributed by atoms with E-state index in [-0.39, 0.29) is 23.0 Å². The second kappa shape index (κ2) is 8.80. The number of halogens is 2. The van der Waals surface area contributed by atoms with Crippen LogP contribution in [0.3, 0.4) is 0 Å². The van der Waals surface area contributed by atoms with Gasteiger partial charge in [-0.25, -0.2) is 13.1 Å². The van der Waals surface area contributed by atoms with Crippen molar-refractivity contribution in [2.45, 2.75) is 26.3 Å². The number of amides is 1. The van der Waals surface area contributed by atoms with Crippen LogP contribution >= 0.6 is 23.2 Å². The van der Waals surface area contributed by atoms with Gasteiger partial charge in [0, 0.05) is 10.6 Å². The summed E-state index contributed by atoms with van der Waals surface area (Å²) in [6.45, 7) is 3.30. The second-order valence-electron chi connectivity index (χ2n) is 5.52. The Morgan fingerprint density at radius 3 is 2.38 bits per heavy atom. The summed E-state index contributed by atoms with van der Waals surface area (Å²) in [5, 5.41) is 3.04. The van der Waals surface area contributed by atoms with Crippen LogP contribution < -0.4 is 10.0 Å². The summed E-state index contributed by atoms with van der Waals surface area (Å²) in [7, 11) is -3.56. The first-order chi connectivity index (χ1) is 11.0. The third-order valence-electron chi connectivity index (χ3n) is 3.49. The maximum Gasteiger partial charge on any atom is 0.238 e. The van der Waals surface area contributed by atoms with Crippen molar-refractivity contribution in [1.29, 1.82) is 0 Å². The number of sulfonamides is 1. The Morgan fingerprint density at radius 2 is 1.88 bits per heavy atom. The van der Waals surface area contributed by atoms with Gasteiger partial charge in [-0.2, -0.15) is 0 Å². The average Bonchev–Trinajstić information content (AvgIpc) is 2.48. The minimum absolute atomic E-state index is 0.189. The van der Waals surface area contributed by atoms with Crippen LogP contribution in [0, 0.1) is 5.92 Å². The van der Waals surface area contributed by atoms with E-state index >= 15 is 0 Å². The zero-order valence-corrected chi connectivity index (χ0v) is 15.9. The van der Waals surface area contributed by atoms with Gasteiger partial charge in [0.2, 0.25) is 15.9 Å². The highest BCUT2D eigenvalue weighted by Crippen LogP contribution is 2.21. The topological polar surface area (TPSA) is 92.3 Å². The third-order valence-corrected chi connectivity index (χ3v) is 4.72. The molecule has 2 atom stereocenters. The Bertz CT molecular complexity index is 722. The zero-order chi connectivity index (χ0) is 18.5. The Hall–Kier alpha value is -1.15. The lowest BCUT2D eigenvalue weighted by atomic mass is 9.99. The molecule has 134 valence electrons. The van der Waals surface area contributed by atoms with Crippen LogP contribution in [0.15, 0.2) is 18.2 Å². The van der Waals surface area contributed by atoms with E-state index in [4.69, 9.17) is 23.2 Å². The van der Waals surface area contributed by atoms with E-state index in [1.807, 2.05) is 6.92 Å². The van der Waals surface area contributed by atoms with Gasteiger partial charge >= 0.3 is 0 Å². The SMILES string of the molecule is CCC(C)C(NS(C)(=O)=O)C(=O)NCC(=O)c1ccc(Cl)cc1Cl. The molecule has 0 spiro atoms. The molecule has 6 nitrogen and oxygen atoms in total. The molecule has 9 heteroatoms. The summed E-state index contributed by atoms with van der Waals surface area (Å²) in [6, 6.07) is 3.49. The molecule has 0 radical (unpaired) electrons. The van der Waals surface area contributed by atoms with Crippen LogP contribution in [0.25, 0.3) is 0 Å². The van der Waals surface area contributed by atoms with Crippen molar-refractivity contribution in [3.63, 3.8) is 0 Å². The van der Waals surface area contributed by atoms with Crippen molar-refractivity contribution in [2.75, 3.05) is 12.8 Å². The van der Waals surface area contributed by atoms with E-state index in [9.17, 15) is 18.0 Å². The Labute approximate surface area is 152 Å². The first-order valence-corrected chi connectivity index (χ1v) is 9.93. The Kier molecular flexibility index (Phi) is 7.66. The summed E-state index contributed by atoms with van der Waals surface area (Å²) in [5.74, 6) is -1.19. The lowest BCUT2D eigenvalue weighted by molar-refractivity contribution is -0.123. The summed E-state index contributed by atoms with van der Waals surface area (Å²) < 4.78 is 25.1. The molecule has 24 heavy (non-hydrogen) atoms. The minimum Gasteiger partial charge on any atom is -0.347 e. The van der Waals surface area contributed by atoms with E-state index in [1.54, 1.807) is 6.92 Å². The predicted octanol–water partition coefficient (Wildman–Crippen LogP) is 2.26. The number of nitrogens with one attached hydrogen (secondary N) is 2. The number of benzene rings is 1. The monoisotopic (exact) mass is 394 g/mol. The fourth-order valence-electron chi connectivity index (χ4n) is 1.98. The summed E-state index contributed by atoms with van der Waals surface area (Å²) in [5.41, 5.74) is 0.234. The van der Waals surface area contributed by atoms with Crippen LogP contribution in [0.2, 0.25) is 10.0 Å². The molecule has 0 aliphatic heterocycles. The number of hydrogen-bond acceptors (Lipinski definition) is 4. The maximum atomic E-state index is 12.3. The molecule has 0 aromatic heterocycles. The molecular weight excluding hydrogens is 375 g/mol. The molecule has 0 fully saturated rings. The molecule has 0 aliphatic rings. The van der Waals surface area contributed by atoms with Gasteiger partial charge < -0.3 is 5.32 Å². The first kappa shape index (κ1) is 20.9. The van der Waals surface area contributed by atoms with Gasteiger partial charge in [0.25, 0.3) is 0 Å². The third kappa shape index (κ3) is 6.39. The zero-order valence-electron chi connectivity index (χ0n) is 13.6. The quantitative estimate of drug-likeness (QED) is 0.661. The van der Waals surface area contributed by atoms with Gasteiger partial charge in [0.05, 0.1) is 17.8 Å². The molecule has 1 aromatic rings. The molecule has 0 saturated heterocycles. The van der Waals surface area contributed by atoms with Crippen molar-refractivity contribution < 1.29 is 18.0 Å². The fraction of sp³-hybridized carbons (Fsp3) is 0.467. The summed E-state index contributed by atoms with van der Waals surface area (Å²) in [6.07, 6.45) is 1.58. The van der Waals surface area contributed by atoms with Crippen LogP contribution in [0.4, 0.5) is 0 Å². The maximum absolute atomic E-state index is 12.3. The largest absolute Gasteiger partial charge is 0.347 e. The number of rotatable bonds is 8. The van der Waals surface area contributed by atoms with Crippen LogP contribution in [0.5, 0.6) is 0 Å². The van der Waals surface area contributed by atoms with Crippen molar-refractivity contribution in [3.8, 4) is 0 Å². The van der Waals surface area contributed by atoms with Gasteiger partial charge in [-0.3, -0.25) is 9.59 Å². The number of carbonyl (C=O) groups is 2. The number of hydrogen-bond donors (Lipinski definition) is 2. The van der Waals surface area contributed by atoms with E-state index in [0.717, 1.165) is 6.26 Å². The summed E-state index contributed by atoms with van der Waals surface area (Å²) in [4.78, 5) is 24.4. The predicted molar refractivity (Wildman–Crippen MR) is 95.0 cm³/mol. The highest BCUT2D eigenvalue weighted by Gasteiger charge is 2.27. The van der Waals surface area contributed by atoms with E-state index in [1.165, 1.54) is 18.2 Å². The normalized spacial score (nSPS) is 14.0.